The third-order valence-electron chi connectivity index (χ3n) is 6.52. The number of benzene rings is 2. The highest BCUT2D eigenvalue weighted by molar-refractivity contribution is 6.64. The molecule has 1 aliphatic rings. The van der Waals surface area contributed by atoms with E-state index in [9.17, 15) is 0 Å². The predicted octanol–water partition coefficient (Wildman–Crippen LogP) is 6.63. The predicted molar refractivity (Wildman–Crippen MR) is 129 cm³/mol. The zero-order valence-corrected chi connectivity index (χ0v) is 19.5. The second-order valence-corrected chi connectivity index (χ2v) is 9.52. The standard InChI is InChI=1S/C26H38BNO2/c1-6-7-8-9-10-11-14-21-17-19-22(20-18-21)28-24-16-13-12-15-23(24)27-29-25(2,3)26(4,5)30-27/h12-13,15-20,28H,6-11,14H2,1-5H3. The number of nitrogens with one attached hydrogen (secondary N) is 1. The minimum Gasteiger partial charge on any atom is -0.399 e. The highest BCUT2D eigenvalue weighted by atomic mass is 16.7. The molecule has 30 heavy (non-hydrogen) atoms. The lowest BCUT2D eigenvalue weighted by Gasteiger charge is -2.32. The molecule has 0 radical (unpaired) electrons. The van der Waals surface area contributed by atoms with Gasteiger partial charge >= 0.3 is 7.12 Å². The summed E-state index contributed by atoms with van der Waals surface area (Å²) in [6.07, 6.45) is 9.20. The van der Waals surface area contributed by atoms with Crippen LogP contribution in [0, 0.1) is 0 Å². The van der Waals surface area contributed by atoms with Crippen LogP contribution in [-0.4, -0.2) is 18.3 Å². The molecule has 0 saturated carbocycles. The summed E-state index contributed by atoms with van der Waals surface area (Å²) in [5, 5.41) is 3.56. The van der Waals surface area contributed by atoms with Crippen molar-refractivity contribution in [2.75, 3.05) is 5.32 Å². The Morgan fingerprint density at radius 3 is 2.03 bits per heavy atom. The Balaban J connectivity index is 1.60. The fourth-order valence-electron chi connectivity index (χ4n) is 3.81. The average Bonchev–Trinajstić information content (AvgIpc) is 2.93. The van der Waals surface area contributed by atoms with Crippen LogP contribution in [0.3, 0.4) is 0 Å². The number of hydrogen-bond donors (Lipinski definition) is 1. The number of anilines is 2. The Bertz CT molecular complexity index is 785. The van der Waals surface area contributed by atoms with Crippen molar-refractivity contribution in [2.24, 2.45) is 0 Å². The first kappa shape index (κ1) is 22.9. The highest BCUT2D eigenvalue weighted by Crippen LogP contribution is 2.37. The first-order valence-corrected chi connectivity index (χ1v) is 11.6. The van der Waals surface area contributed by atoms with Crippen molar-refractivity contribution in [1.82, 2.24) is 0 Å². The van der Waals surface area contributed by atoms with E-state index < -0.39 is 0 Å². The van der Waals surface area contributed by atoms with Gasteiger partial charge in [0.05, 0.1) is 11.2 Å². The van der Waals surface area contributed by atoms with Gasteiger partial charge in [0.25, 0.3) is 0 Å². The second-order valence-electron chi connectivity index (χ2n) is 9.52. The van der Waals surface area contributed by atoms with E-state index in [1.807, 2.05) is 12.1 Å². The van der Waals surface area contributed by atoms with Crippen LogP contribution in [0.2, 0.25) is 0 Å². The zero-order chi connectivity index (χ0) is 21.6. The first-order valence-electron chi connectivity index (χ1n) is 11.6. The van der Waals surface area contributed by atoms with Crippen LogP contribution in [0.15, 0.2) is 48.5 Å². The Labute approximate surface area is 183 Å². The highest BCUT2D eigenvalue weighted by Gasteiger charge is 2.52. The van der Waals surface area contributed by atoms with Gasteiger partial charge in [-0.15, -0.1) is 0 Å². The summed E-state index contributed by atoms with van der Waals surface area (Å²) in [6.45, 7) is 10.6. The van der Waals surface area contributed by atoms with E-state index >= 15 is 0 Å². The minimum absolute atomic E-state index is 0.344. The SMILES string of the molecule is CCCCCCCCc1ccc(Nc2ccccc2B2OC(C)(C)C(C)(C)O2)cc1. The van der Waals surface area contributed by atoms with Crippen LogP contribution in [-0.2, 0) is 15.7 Å². The summed E-state index contributed by atoms with van der Waals surface area (Å²) >= 11 is 0. The molecule has 3 nitrogen and oxygen atoms in total. The second kappa shape index (κ2) is 10.0. The fourth-order valence-corrected chi connectivity index (χ4v) is 3.81. The zero-order valence-electron chi connectivity index (χ0n) is 19.5. The summed E-state index contributed by atoms with van der Waals surface area (Å²) in [5.41, 5.74) is 3.87. The van der Waals surface area contributed by atoms with Crippen molar-refractivity contribution in [2.45, 2.75) is 90.8 Å². The van der Waals surface area contributed by atoms with Gasteiger partial charge in [0.15, 0.2) is 0 Å². The molecule has 2 aromatic carbocycles. The van der Waals surface area contributed by atoms with E-state index in [0.717, 1.165) is 23.3 Å². The van der Waals surface area contributed by atoms with Crippen LogP contribution >= 0.6 is 0 Å². The molecule has 1 aliphatic heterocycles. The van der Waals surface area contributed by atoms with Crippen molar-refractivity contribution < 1.29 is 9.31 Å². The summed E-state index contributed by atoms with van der Waals surface area (Å²) in [6, 6.07) is 17.1. The van der Waals surface area contributed by atoms with Crippen LogP contribution in [0.5, 0.6) is 0 Å². The average molecular weight is 407 g/mol. The van der Waals surface area contributed by atoms with Gasteiger partial charge in [0.1, 0.15) is 0 Å². The van der Waals surface area contributed by atoms with Crippen LogP contribution in [0.4, 0.5) is 11.4 Å². The number of unbranched alkanes of at least 4 members (excludes halogenated alkanes) is 5. The molecule has 0 unspecified atom stereocenters. The molecule has 162 valence electrons. The van der Waals surface area contributed by atoms with Crippen molar-refractivity contribution in [3.05, 3.63) is 54.1 Å². The van der Waals surface area contributed by atoms with E-state index in [1.165, 1.54) is 44.1 Å². The van der Waals surface area contributed by atoms with Gasteiger partial charge in [0.2, 0.25) is 0 Å². The Morgan fingerprint density at radius 2 is 1.37 bits per heavy atom. The molecule has 2 aromatic rings. The van der Waals surface area contributed by atoms with Crippen molar-refractivity contribution in [1.29, 1.82) is 0 Å². The number of para-hydroxylation sites is 1. The monoisotopic (exact) mass is 407 g/mol. The summed E-state index contributed by atoms with van der Waals surface area (Å²) < 4.78 is 12.5. The molecule has 0 amide bonds. The van der Waals surface area contributed by atoms with Crippen molar-refractivity contribution in [3.63, 3.8) is 0 Å². The molecule has 1 saturated heterocycles. The minimum atomic E-state index is -0.370. The Hall–Kier alpha value is -1.78. The Kier molecular flexibility index (Phi) is 7.65. The number of aryl methyl sites for hydroxylation is 1. The van der Waals surface area contributed by atoms with Crippen LogP contribution < -0.4 is 10.8 Å². The lowest BCUT2D eigenvalue weighted by molar-refractivity contribution is 0.00578. The molecule has 0 aromatic heterocycles. The molecule has 1 heterocycles. The van der Waals surface area contributed by atoms with Gasteiger partial charge in [-0.1, -0.05) is 69.4 Å². The molecule has 1 fully saturated rings. The first-order chi connectivity index (χ1) is 14.3. The number of hydrogen-bond acceptors (Lipinski definition) is 3. The topological polar surface area (TPSA) is 30.5 Å². The van der Waals surface area contributed by atoms with Gasteiger partial charge in [-0.2, -0.15) is 0 Å². The van der Waals surface area contributed by atoms with Crippen LogP contribution in [0.1, 0.15) is 78.7 Å². The lowest BCUT2D eigenvalue weighted by atomic mass is 9.77. The fraction of sp³-hybridized carbons (Fsp3) is 0.538. The summed E-state index contributed by atoms with van der Waals surface area (Å²) in [7, 11) is -0.370. The summed E-state index contributed by atoms with van der Waals surface area (Å²) in [5.74, 6) is 0. The van der Waals surface area contributed by atoms with Gasteiger partial charge < -0.3 is 14.6 Å². The van der Waals surface area contributed by atoms with E-state index in [4.69, 9.17) is 9.31 Å². The van der Waals surface area contributed by atoms with Crippen molar-refractivity contribution in [3.8, 4) is 0 Å². The van der Waals surface area contributed by atoms with E-state index in [2.05, 4.69) is 76.3 Å². The van der Waals surface area contributed by atoms with Gasteiger partial charge in [-0.3, -0.25) is 0 Å². The summed E-state index contributed by atoms with van der Waals surface area (Å²) in [4.78, 5) is 0. The van der Waals surface area contributed by atoms with Gasteiger partial charge in [-0.25, -0.2) is 0 Å². The number of rotatable bonds is 10. The molecule has 0 spiro atoms. The third-order valence-corrected chi connectivity index (χ3v) is 6.52. The molecule has 3 rings (SSSR count). The Morgan fingerprint density at radius 1 is 0.767 bits per heavy atom. The normalized spacial score (nSPS) is 17.3. The van der Waals surface area contributed by atoms with E-state index in [-0.39, 0.29) is 18.3 Å². The van der Waals surface area contributed by atoms with E-state index in [0.29, 0.717) is 0 Å². The molecule has 1 N–H and O–H groups in total. The van der Waals surface area contributed by atoms with Gasteiger partial charge in [0, 0.05) is 16.8 Å². The van der Waals surface area contributed by atoms with Gasteiger partial charge in [-0.05, 0) is 64.3 Å². The third kappa shape index (κ3) is 5.68. The molecule has 0 aliphatic carbocycles. The maximum absolute atomic E-state index is 6.26. The molecular weight excluding hydrogens is 369 g/mol. The van der Waals surface area contributed by atoms with Crippen molar-refractivity contribution >= 4 is 24.0 Å². The maximum atomic E-state index is 6.26. The smallest absolute Gasteiger partial charge is 0.399 e. The largest absolute Gasteiger partial charge is 0.496 e. The lowest BCUT2D eigenvalue weighted by Crippen LogP contribution is -2.41. The molecule has 0 bridgehead atoms. The quantitative estimate of drug-likeness (QED) is 0.354. The molecular formula is C26H38BNO2. The molecule has 0 atom stereocenters. The van der Waals surface area contributed by atoms with Crippen LogP contribution in [0.25, 0.3) is 0 Å². The van der Waals surface area contributed by atoms with E-state index in [1.54, 1.807) is 0 Å². The molecule has 4 heteroatoms. The maximum Gasteiger partial charge on any atom is 0.496 e.